The third kappa shape index (κ3) is 20.4. The average molecular weight is 2040 g/mol. The molecule has 9 aromatic carbocycles. The Kier molecular flexibility index (Phi) is 28.2. The van der Waals surface area contributed by atoms with Crippen LogP contribution in [0.3, 0.4) is 0 Å². The minimum atomic E-state index is -5.05. The molecule has 0 atom stereocenters. The average Bonchev–Trinajstić information content (AvgIpc) is 1.56. The van der Waals surface area contributed by atoms with Crippen LogP contribution in [-0.2, 0) is 93.3 Å². The van der Waals surface area contributed by atoms with Crippen LogP contribution in [0.2, 0.25) is 0 Å². The van der Waals surface area contributed by atoms with Crippen LogP contribution >= 0.6 is 0 Å². The highest BCUT2D eigenvalue weighted by atomic mass is 32.2. The summed E-state index contributed by atoms with van der Waals surface area (Å²) < 4.78 is 184. The molecule has 7 heterocycles. The number of piperazine rings is 1. The first-order valence-corrected chi connectivity index (χ1v) is 55.6. The van der Waals surface area contributed by atoms with Crippen LogP contribution in [0.25, 0.3) is 55.0 Å². The fraction of sp³-hybridized carbons (Fsp3) is 0.349. The van der Waals surface area contributed by atoms with Gasteiger partial charge in [-0.3, -0.25) is 47.1 Å². The number of carbonyl (C=O) groups excluding carboxylic acids is 5. The van der Waals surface area contributed by atoms with Gasteiger partial charge < -0.3 is 45.7 Å². The Morgan fingerprint density at radius 2 is 1.17 bits per heavy atom. The third-order valence-electron chi connectivity index (χ3n) is 29.2. The number of benzene rings is 10. The van der Waals surface area contributed by atoms with Crippen molar-refractivity contribution in [1.82, 2.24) is 40.4 Å². The van der Waals surface area contributed by atoms with Gasteiger partial charge in [0, 0.05) is 205 Å². The van der Waals surface area contributed by atoms with Gasteiger partial charge in [-0.05, 0) is 196 Å². The van der Waals surface area contributed by atoms with E-state index in [1.54, 1.807) is 54.6 Å². The van der Waals surface area contributed by atoms with Gasteiger partial charge in [0.15, 0.2) is 12.3 Å². The first-order chi connectivity index (χ1) is 68.2. The number of hydrogen-bond donors (Lipinski definition) is 9. The van der Waals surface area contributed by atoms with Gasteiger partial charge in [-0.15, -0.1) is 0 Å². The van der Waals surface area contributed by atoms with Crippen molar-refractivity contribution in [2.75, 3.05) is 113 Å². The second kappa shape index (κ2) is 40.2. The maximum Gasteiger partial charge on any atom is 0.295 e. The number of nitrogens with one attached hydrogen (secondary N) is 5. The van der Waals surface area contributed by atoms with Gasteiger partial charge >= 0.3 is 0 Å². The van der Waals surface area contributed by atoms with E-state index in [1.807, 2.05) is 80.5 Å². The van der Waals surface area contributed by atoms with Crippen molar-refractivity contribution in [1.29, 1.82) is 0 Å². The van der Waals surface area contributed by atoms with Crippen molar-refractivity contribution in [2.24, 2.45) is 5.92 Å². The van der Waals surface area contributed by atoms with E-state index in [0.29, 0.717) is 143 Å². The first kappa shape index (κ1) is 100. The van der Waals surface area contributed by atoms with Crippen molar-refractivity contribution in [3.8, 4) is 22.5 Å². The van der Waals surface area contributed by atoms with Crippen molar-refractivity contribution in [2.45, 2.75) is 159 Å². The minimum Gasteiger partial charge on any atom is -0.456 e. The van der Waals surface area contributed by atoms with Gasteiger partial charge in [0.05, 0.1) is 32.7 Å². The number of nitrogens with zero attached hydrogens (tertiary/aromatic N) is 7. The maximum atomic E-state index is 14.4. The van der Waals surface area contributed by atoms with Gasteiger partial charge in [-0.2, -0.15) is 47.1 Å². The third-order valence-corrected chi connectivity index (χ3v) is 34.6. The molecule has 2 aliphatic carbocycles. The zero-order valence-corrected chi connectivity index (χ0v) is 84.2. The van der Waals surface area contributed by atoms with E-state index in [4.69, 9.17) is 4.42 Å². The van der Waals surface area contributed by atoms with Crippen LogP contribution in [0, 0.1) is 5.92 Å². The number of unbranched alkanes of at least 4 members (excludes halogenated alkanes) is 2. The highest BCUT2D eigenvalue weighted by Crippen LogP contribution is 2.53. The maximum absolute atomic E-state index is 14.4. The Morgan fingerprint density at radius 1 is 0.524 bits per heavy atom. The lowest BCUT2D eigenvalue weighted by Crippen LogP contribution is -2.60. The highest BCUT2D eigenvalue weighted by molar-refractivity contribution is 7.89. The van der Waals surface area contributed by atoms with Crippen LogP contribution in [0.5, 0.6) is 0 Å². The number of piperidine rings is 1. The molecule has 9 N–H and O–H groups in total. The normalized spacial score (nSPS) is 18.0. The predicted molar refractivity (Wildman–Crippen MR) is 548 cm³/mol. The molecule has 2 saturated heterocycles. The van der Waals surface area contributed by atoms with E-state index in [1.165, 1.54) is 45.0 Å². The summed E-state index contributed by atoms with van der Waals surface area (Å²) in [5, 5.41) is 16.8. The minimum absolute atomic E-state index is 0.00196. The summed E-state index contributed by atoms with van der Waals surface area (Å²) in [6.45, 7) is 15.9. The van der Waals surface area contributed by atoms with Crippen LogP contribution < -0.4 is 51.2 Å². The highest BCUT2D eigenvalue weighted by Gasteiger charge is 2.48. The molecule has 0 bridgehead atoms. The van der Waals surface area contributed by atoms with Gasteiger partial charge in [0.1, 0.15) is 33.2 Å². The van der Waals surface area contributed by atoms with Crippen molar-refractivity contribution in [3.63, 3.8) is 0 Å². The van der Waals surface area contributed by atoms with E-state index in [-0.39, 0.29) is 83.3 Å². The van der Waals surface area contributed by atoms with Crippen LogP contribution in [0.1, 0.15) is 138 Å². The van der Waals surface area contributed by atoms with E-state index in [2.05, 4.69) is 131 Å². The molecule has 1 saturated carbocycles. The van der Waals surface area contributed by atoms with E-state index in [9.17, 15) is 84.3 Å². The summed E-state index contributed by atoms with van der Waals surface area (Å²) >= 11 is 0. The number of para-hydroxylation sites is 2. The standard InChI is InChI=1S/C106H114N12O20S5/c1-6-115-88-41-39-80-84(64-78(140(126,127)128)66-92(80)142(132,133)134)99(88)104(2,3)94(115)24-10-7-11-25-95-105(4,5)100-85-65-79(141(129,130)131)67-93(143(135,136)137)81(85)40-42-89(100)118(95)52-19-8-12-26-96(119)107-49-50-108-97(120)68-110-103(123)106(47-17-9-18-48-106)111-102(122)72-27-31-74(32-28-72)113-60-58-112(59-61-113)57-51-109-101(121)73-43-53-114(54-44-73)139(124,125)77-35-29-71(30-36-77)98-82-37-33-75(116-55-45-69-20-13-15-22-86(69)116)62-90(82)138-91-63-76(34-38-83(91)98)117-56-46-70-21-14-16-23-87(70)117/h7,10-11,13-16,20-25,27-42,62-67,73H,6,8-9,12,17-19,26,43-61,68H2,1-5H3,(H7-2,107,108,109,110,111,119,120,121,122,123,126,127,128,129,130,131,132,133,134,135,136,137)/p+2. The van der Waals surface area contributed by atoms with Gasteiger partial charge in [-0.1, -0.05) is 112 Å². The van der Waals surface area contributed by atoms with Gasteiger partial charge in [0.25, 0.3) is 46.4 Å². The zero-order chi connectivity index (χ0) is 101. The molecule has 0 unspecified atom stereocenters. The number of carbonyl (C=O) groups is 5. The topological polar surface area (TPSA) is 432 Å². The lowest BCUT2D eigenvalue weighted by molar-refractivity contribution is -0.433. The molecule has 7 aliphatic heterocycles. The first-order valence-electron chi connectivity index (χ1n) is 48.4. The van der Waals surface area contributed by atoms with Crippen LogP contribution in [0.4, 0.5) is 34.1 Å². The fourth-order valence-corrected chi connectivity index (χ4v) is 26.1. The SMILES string of the molecule is CC[N+]1=C(/C=C/C=C/C=C2\N(CCCCCC(=O)NCCNC(=O)CNC(=O)C3(NC(=O)c4ccc(N5CCN(CCNC(=O)C6CCN(S(=O)(=O)c7ccc(-c8c9ccc(=[N+]%10CCc%11ccccc%11%10)cc-9oc9cc(N%10CCc%11ccccc%11%10)ccc89)cc7)CC6)CC5)cc4)CCCCC3)c3ccc4c(S(=O)(=O)O)cc(S(=O)(=O)O)cc4c3C2(C)C)C(C)(C)c2c1ccc1c(S(=O)(=O)O)cc(S(=O)(=O)O)cc21. The molecule has 0 radical (unpaired) electrons. The molecular weight excluding hydrogens is 1920 g/mol. The monoisotopic (exact) mass is 2040 g/mol. The second-order valence-corrected chi connectivity index (χ2v) is 46.3. The predicted octanol–water partition coefficient (Wildman–Crippen LogP) is 13.4. The van der Waals surface area contributed by atoms with Crippen molar-refractivity contribution >= 4 is 152 Å². The van der Waals surface area contributed by atoms with E-state index < -0.39 is 104 Å². The lowest BCUT2D eigenvalue weighted by atomic mass is 9.79. The molecule has 9 aromatic rings. The summed E-state index contributed by atoms with van der Waals surface area (Å²) in [5.41, 5.74) is 11.2. The molecule has 3 fully saturated rings. The number of fused-ring (bicyclic) bond motifs is 10. The summed E-state index contributed by atoms with van der Waals surface area (Å²) in [5.74, 6) is -1.38. The summed E-state index contributed by atoms with van der Waals surface area (Å²) in [4.78, 5) is 74.4. The Hall–Kier alpha value is -12.7. The molecule has 37 heteroatoms. The Morgan fingerprint density at radius 3 is 1.85 bits per heavy atom. The second-order valence-electron chi connectivity index (χ2n) is 38.7. The van der Waals surface area contributed by atoms with Crippen LogP contribution in [-0.4, -0.2) is 213 Å². The zero-order valence-electron chi connectivity index (χ0n) is 80.1. The molecule has 0 spiro atoms. The summed E-state index contributed by atoms with van der Waals surface area (Å²) in [7, 11) is -23.9. The molecule has 0 aromatic heterocycles. The smallest absolute Gasteiger partial charge is 0.295 e. The molecule has 9 aliphatic rings. The fourth-order valence-electron chi connectivity index (χ4n) is 22.0. The Bertz CT molecular complexity index is 7770. The van der Waals surface area contributed by atoms with Crippen LogP contribution in [0.15, 0.2) is 247 Å². The molecule has 143 heavy (non-hydrogen) atoms. The molecular formula is C106H116N12O20S5+2. The molecule has 18 rings (SSSR count). The molecule has 32 nitrogen and oxygen atoms in total. The van der Waals surface area contributed by atoms with Crippen molar-refractivity contribution in [3.05, 3.63) is 251 Å². The number of hydrogen-bond acceptors (Lipinski definition) is 20. The Labute approximate surface area is 831 Å². The molecule has 5 amide bonds. The number of rotatable bonds is 31. The lowest BCUT2D eigenvalue weighted by Gasteiger charge is -2.37. The van der Waals surface area contributed by atoms with Gasteiger partial charge in [-0.25, -0.2) is 8.42 Å². The summed E-state index contributed by atoms with van der Waals surface area (Å²) in [6.07, 6.45) is 16.2. The quantitative estimate of drug-likeness (QED) is 0.00640. The molecule has 748 valence electrons. The number of anilines is 4. The summed E-state index contributed by atoms with van der Waals surface area (Å²) in [6, 6.07) is 54.1. The Balaban J connectivity index is 0.431. The number of allylic oxidation sites excluding steroid dienone is 6. The largest absolute Gasteiger partial charge is 0.456 e. The number of sulfonamides is 1. The van der Waals surface area contributed by atoms with Crippen molar-refractivity contribution < 1.29 is 93.3 Å². The van der Waals surface area contributed by atoms with E-state index >= 15 is 0 Å². The number of amides is 5. The van der Waals surface area contributed by atoms with Gasteiger partial charge in [0.2, 0.25) is 50.4 Å². The van der Waals surface area contributed by atoms with E-state index in [0.717, 1.165) is 107 Å².